The predicted molar refractivity (Wildman–Crippen MR) is 92.7 cm³/mol. The second kappa shape index (κ2) is 7.77. The summed E-state index contributed by atoms with van der Waals surface area (Å²) in [6.07, 6.45) is 0. The summed E-state index contributed by atoms with van der Waals surface area (Å²) in [6.45, 7) is 3.93. The van der Waals surface area contributed by atoms with E-state index in [0.29, 0.717) is 6.54 Å². The van der Waals surface area contributed by atoms with E-state index in [9.17, 15) is 4.79 Å². The minimum atomic E-state index is -0.174. The van der Waals surface area contributed by atoms with Crippen LogP contribution < -0.4 is 5.32 Å². The Hall–Kier alpha value is -1.63. The molecule has 0 spiro atoms. The first-order valence-electron chi connectivity index (χ1n) is 7.80. The number of morpholine rings is 1. The zero-order chi connectivity index (χ0) is 16.1. The molecule has 0 radical (unpaired) electrons. The molecular formula is C17H21N3O2S. The van der Waals surface area contributed by atoms with Gasteiger partial charge in [-0.25, -0.2) is 4.98 Å². The summed E-state index contributed by atoms with van der Waals surface area (Å²) in [7, 11) is 1.68. The summed E-state index contributed by atoms with van der Waals surface area (Å²) in [5, 5.41) is 4.58. The molecule has 1 atom stereocenters. The smallest absolute Gasteiger partial charge is 0.234 e. The number of nitrogens with zero attached hydrogens (tertiary/aromatic N) is 2. The highest BCUT2D eigenvalue weighted by molar-refractivity contribution is 8.00. The van der Waals surface area contributed by atoms with Gasteiger partial charge in [-0.2, -0.15) is 0 Å². The summed E-state index contributed by atoms with van der Waals surface area (Å²) >= 11 is 1.52. The lowest BCUT2D eigenvalue weighted by Gasteiger charge is -2.29. The molecule has 0 saturated carbocycles. The van der Waals surface area contributed by atoms with Crippen LogP contribution in [0.4, 0.5) is 0 Å². The van der Waals surface area contributed by atoms with Gasteiger partial charge in [-0.05, 0) is 12.1 Å². The lowest BCUT2D eigenvalue weighted by Crippen LogP contribution is -2.44. The fraction of sp³-hybridized carbons (Fsp3) is 0.412. The Kier molecular flexibility index (Phi) is 5.48. The fourth-order valence-corrected chi connectivity index (χ4v) is 3.71. The van der Waals surface area contributed by atoms with Crippen LogP contribution in [0.3, 0.4) is 0 Å². The van der Waals surface area contributed by atoms with E-state index in [-0.39, 0.29) is 11.2 Å². The molecule has 1 aliphatic heterocycles. The second-order valence-electron chi connectivity index (χ2n) is 5.48. The Bertz CT molecular complexity index is 674. The molecule has 6 heteroatoms. The van der Waals surface area contributed by atoms with E-state index in [1.165, 1.54) is 11.8 Å². The molecule has 3 rings (SSSR count). The fourth-order valence-electron chi connectivity index (χ4n) is 2.61. The van der Waals surface area contributed by atoms with Gasteiger partial charge in [-0.3, -0.25) is 9.69 Å². The largest absolute Gasteiger partial charge is 0.379 e. The van der Waals surface area contributed by atoms with Gasteiger partial charge in [0.25, 0.3) is 0 Å². The van der Waals surface area contributed by atoms with Crippen molar-refractivity contribution < 1.29 is 9.53 Å². The number of benzene rings is 1. The maximum atomic E-state index is 12.2. The number of rotatable bonds is 5. The first-order chi connectivity index (χ1) is 11.3. The molecule has 2 aromatic rings. The number of ether oxygens (including phenoxy) is 1. The third-order valence-corrected chi connectivity index (χ3v) is 5.02. The van der Waals surface area contributed by atoms with Crippen LogP contribution in [-0.2, 0) is 9.53 Å². The number of pyridine rings is 1. The average molecular weight is 331 g/mol. The molecule has 0 aliphatic carbocycles. The van der Waals surface area contributed by atoms with Crippen molar-refractivity contribution in [2.24, 2.45) is 0 Å². The third kappa shape index (κ3) is 4.22. The van der Waals surface area contributed by atoms with Crippen LogP contribution in [-0.4, -0.2) is 60.9 Å². The quantitative estimate of drug-likeness (QED) is 0.847. The van der Waals surface area contributed by atoms with Crippen molar-refractivity contribution in [1.29, 1.82) is 0 Å². The molecular weight excluding hydrogens is 310 g/mol. The van der Waals surface area contributed by atoms with Gasteiger partial charge >= 0.3 is 0 Å². The predicted octanol–water partition coefficient (Wildman–Crippen LogP) is 1.77. The zero-order valence-corrected chi connectivity index (χ0v) is 14.0. The molecule has 1 saturated heterocycles. The van der Waals surface area contributed by atoms with Gasteiger partial charge in [0.1, 0.15) is 5.25 Å². The molecule has 1 unspecified atom stereocenters. The SMILES string of the molecule is CNC(=O)C(CN1CCOCC1)Sc1ccc2ccccc2n1. The van der Waals surface area contributed by atoms with E-state index >= 15 is 0 Å². The van der Waals surface area contributed by atoms with Crippen molar-refractivity contribution in [2.45, 2.75) is 10.3 Å². The molecule has 1 fully saturated rings. The van der Waals surface area contributed by atoms with Crippen molar-refractivity contribution >= 4 is 28.6 Å². The first kappa shape index (κ1) is 16.2. The first-order valence-corrected chi connectivity index (χ1v) is 8.68. The lowest BCUT2D eigenvalue weighted by atomic mass is 10.2. The van der Waals surface area contributed by atoms with Crippen LogP contribution in [0.2, 0.25) is 0 Å². The molecule has 1 N–H and O–H groups in total. The molecule has 122 valence electrons. The number of aromatic nitrogens is 1. The molecule has 1 amide bonds. The number of para-hydroxylation sites is 1. The van der Waals surface area contributed by atoms with Crippen LogP contribution in [0, 0.1) is 0 Å². The number of hydrogen-bond acceptors (Lipinski definition) is 5. The summed E-state index contributed by atoms with van der Waals surface area (Å²) in [4.78, 5) is 19.2. The minimum absolute atomic E-state index is 0.0384. The minimum Gasteiger partial charge on any atom is -0.379 e. The Morgan fingerprint density at radius 2 is 2.09 bits per heavy atom. The normalized spacial score (nSPS) is 17.1. The number of carbonyl (C=O) groups is 1. The Morgan fingerprint density at radius 1 is 1.30 bits per heavy atom. The molecule has 0 bridgehead atoms. The zero-order valence-electron chi connectivity index (χ0n) is 13.2. The Balaban J connectivity index is 1.74. The van der Waals surface area contributed by atoms with E-state index in [0.717, 1.165) is 42.2 Å². The number of hydrogen-bond donors (Lipinski definition) is 1. The van der Waals surface area contributed by atoms with E-state index in [1.807, 2.05) is 30.3 Å². The van der Waals surface area contributed by atoms with Crippen molar-refractivity contribution in [2.75, 3.05) is 39.9 Å². The maximum absolute atomic E-state index is 12.2. The van der Waals surface area contributed by atoms with Crippen LogP contribution >= 0.6 is 11.8 Å². The number of carbonyl (C=O) groups excluding carboxylic acids is 1. The third-order valence-electron chi connectivity index (χ3n) is 3.90. The standard InChI is InChI=1S/C17H21N3O2S/c1-18-17(21)15(12-20-8-10-22-11-9-20)23-16-7-6-13-4-2-3-5-14(13)19-16/h2-7,15H,8-12H2,1H3,(H,18,21). The van der Waals surface area contributed by atoms with Gasteiger partial charge in [0.05, 0.1) is 23.8 Å². The topological polar surface area (TPSA) is 54.5 Å². The van der Waals surface area contributed by atoms with E-state index < -0.39 is 0 Å². The Morgan fingerprint density at radius 3 is 2.87 bits per heavy atom. The lowest BCUT2D eigenvalue weighted by molar-refractivity contribution is -0.120. The molecule has 1 aliphatic rings. The molecule has 1 aromatic heterocycles. The van der Waals surface area contributed by atoms with Crippen molar-refractivity contribution in [1.82, 2.24) is 15.2 Å². The van der Waals surface area contributed by atoms with Crippen LogP contribution in [0.5, 0.6) is 0 Å². The summed E-state index contributed by atoms with van der Waals surface area (Å²) in [6, 6.07) is 12.1. The van der Waals surface area contributed by atoms with Gasteiger partial charge in [0, 0.05) is 32.1 Å². The Labute approximate surface area is 140 Å². The summed E-state index contributed by atoms with van der Waals surface area (Å²) in [5.74, 6) is 0.0384. The number of thioether (sulfide) groups is 1. The van der Waals surface area contributed by atoms with Gasteiger partial charge in [0.15, 0.2) is 0 Å². The van der Waals surface area contributed by atoms with Gasteiger partial charge in [0.2, 0.25) is 5.91 Å². The monoisotopic (exact) mass is 331 g/mol. The highest BCUT2D eigenvalue weighted by Gasteiger charge is 2.23. The van der Waals surface area contributed by atoms with Crippen molar-refractivity contribution in [3.05, 3.63) is 36.4 Å². The highest BCUT2D eigenvalue weighted by atomic mass is 32.2. The number of fused-ring (bicyclic) bond motifs is 1. The van der Waals surface area contributed by atoms with Crippen LogP contribution in [0.25, 0.3) is 10.9 Å². The van der Waals surface area contributed by atoms with E-state index in [1.54, 1.807) is 7.05 Å². The number of nitrogens with one attached hydrogen (secondary N) is 1. The molecule has 1 aromatic carbocycles. The van der Waals surface area contributed by atoms with Crippen LogP contribution in [0.1, 0.15) is 0 Å². The number of amides is 1. The summed E-state index contributed by atoms with van der Waals surface area (Å²) < 4.78 is 5.37. The van der Waals surface area contributed by atoms with E-state index in [2.05, 4.69) is 21.3 Å². The molecule has 5 nitrogen and oxygen atoms in total. The average Bonchev–Trinajstić information content (AvgIpc) is 2.61. The van der Waals surface area contributed by atoms with Gasteiger partial charge in [-0.1, -0.05) is 36.0 Å². The summed E-state index contributed by atoms with van der Waals surface area (Å²) in [5.41, 5.74) is 0.958. The molecule has 2 heterocycles. The van der Waals surface area contributed by atoms with Gasteiger partial charge < -0.3 is 10.1 Å². The van der Waals surface area contributed by atoms with Crippen molar-refractivity contribution in [3.8, 4) is 0 Å². The van der Waals surface area contributed by atoms with Crippen LogP contribution in [0.15, 0.2) is 41.4 Å². The van der Waals surface area contributed by atoms with Crippen molar-refractivity contribution in [3.63, 3.8) is 0 Å². The van der Waals surface area contributed by atoms with E-state index in [4.69, 9.17) is 4.74 Å². The highest BCUT2D eigenvalue weighted by Crippen LogP contribution is 2.25. The maximum Gasteiger partial charge on any atom is 0.234 e. The molecule has 23 heavy (non-hydrogen) atoms. The van der Waals surface area contributed by atoms with Gasteiger partial charge in [-0.15, -0.1) is 0 Å². The second-order valence-corrected chi connectivity index (χ2v) is 6.70.